The molecule has 0 aliphatic rings. The molecule has 0 saturated heterocycles. The van der Waals surface area contributed by atoms with Crippen LogP contribution in [0.1, 0.15) is 31.7 Å². The molecule has 1 heterocycles. The lowest BCUT2D eigenvalue weighted by Gasteiger charge is -2.12. The molecule has 6 nitrogen and oxygen atoms in total. The van der Waals surface area contributed by atoms with Gasteiger partial charge in [-0.2, -0.15) is 0 Å². The molecule has 0 bridgehead atoms. The molecule has 0 amide bonds. The largest absolute Gasteiger partial charge is 0.481 e. The maximum atomic E-state index is 5.52. The van der Waals surface area contributed by atoms with Crippen molar-refractivity contribution in [1.82, 2.24) is 15.6 Å². The van der Waals surface area contributed by atoms with E-state index in [0.717, 1.165) is 44.1 Å². The predicted octanol–water partition coefficient (Wildman–Crippen LogP) is 2.58. The number of nitrogens with zero attached hydrogens (tertiary/aromatic N) is 2. The van der Waals surface area contributed by atoms with Crippen LogP contribution in [0.3, 0.4) is 0 Å². The molecule has 132 valence electrons. The van der Waals surface area contributed by atoms with E-state index in [0.29, 0.717) is 12.4 Å². The zero-order valence-electron chi connectivity index (χ0n) is 14.3. The summed E-state index contributed by atoms with van der Waals surface area (Å²) in [7, 11) is 3.38. The monoisotopic (exact) mass is 436 g/mol. The van der Waals surface area contributed by atoms with Gasteiger partial charge in [0.05, 0.1) is 7.11 Å². The smallest absolute Gasteiger partial charge is 0.213 e. The summed E-state index contributed by atoms with van der Waals surface area (Å²) in [5, 5.41) is 6.53. The number of hydrogen-bond donors (Lipinski definition) is 2. The van der Waals surface area contributed by atoms with Crippen molar-refractivity contribution >= 4 is 29.9 Å². The van der Waals surface area contributed by atoms with E-state index >= 15 is 0 Å². The van der Waals surface area contributed by atoms with E-state index in [9.17, 15) is 0 Å². The van der Waals surface area contributed by atoms with E-state index < -0.39 is 0 Å². The summed E-state index contributed by atoms with van der Waals surface area (Å²) in [6.45, 7) is 5.31. The van der Waals surface area contributed by atoms with E-state index in [1.807, 2.05) is 12.1 Å². The van der Waals surface area contributed by atoms with Crippen LogP contribution in [-0.2, 0) is 11.3 Å². The van der Waals surface area contributed by atoms with Crippen LogP contribution in [0, 0.1) is 0 Å². The minimum absolute atomic E-state index is 0. The molecule has 0 fully saturated rings. The molecule has 0 radical (unpaired) electrons. The van der Waals surface area contributed by atoms with Crippen molar-refractivity contribution in [2.45, 2.75) is 32.7 Å². The van der Waals surface area contributed by atoms with E-state index in [1.54, 1.807) is 20.4 Å². The lowest BCUT2D eigenvalue weighted by Crippen LogP contribution is -2.37. The Balaban J connectivity index is 0.00000484. The molecule has 1 rings (SSSR count). The van der Waals surface area contributed by atoms with Crippen LogP contribution < -0.4 is 15.4 Å². The first-order valence-electron chi connectivity index (χ1n) is 7.81. The Morgan fingerprint density at radius 2 is 2.04 bits per heavy atom. The molecular formula is C16H29IN4O2. The SMILES string of the molecule is CCCCOCCCNC(=NC)NCc1ccnc(OC)c1.I. The fourth-order valence-corrected chi connectivity index (χ4v) is 1.81. The van der Waals surface area contributed by atoms with Crippen LogP contribution in [0.5, 0.6) is 5.88 Å². The Hall–Kier alpha value is -1.09. The van der Waals surface area contributed by atoms with Gasteiger partial charge in [0.2, 0.25) is 5.88 Å². The third-order valence-electron chi connectivity index (χ3n) is 3.09. The lowest BCUT2D eigenvalue weighted by molar-refractivity contribution is 0.129. The predicted molar refractivity (Wildman–Crippen MR) is 105 cm³/mol. The van der Waals surface area contributed by atoms with Crippen LogP contribution in [0.25, 0.3) is 0 Å². The number of methoxy groups -OCH3 is 1. The van der Waals surface area contributed by atoms with Crippen molar-refractivity contribution in [3.05, 3.63) is 23.9 Å². The summed E-state index contributed by atoms with van der Waals surface area (Å²) in [5.41, 5.74) is 1.10. The Morgan fingerprint density at radius 3 is 2.74 bits per heavy atom. The van der Waals surface area contributed by atoms with Gasteiger partial charge in [0, 0.05) is 45.6 Å². The molecule has 2 N–H and O–H groups in total. The number of hydrogen-bond acceptors (Lipinski definition) is 4. The normalized spacial score (nSPS) is 10.8. The number of guanidine groups is 1. The highest BCUT2D eigenvalue weighted by Gasteiger charge is 2.00. The van der Waals surface area contributed by atoms with Crippen molar-refractivity contribution in [2.75, 3.05) is 33.9 Å². The maximum Gasteiger partial charge on any atom is 0.213 e. The second-order valence-electron chi connectivity index (χ2n) is 4.88. The van der Waals surface area contributed by atoms with Gasteiger partial charge >= 0.3 is 0 Å². The van der Waals surface area contributed by atoms with Gasteiger partial charge in [-0.05, 0) is 24.5 Å². The molecule has 0 aliphatic heterocycles. The van der Waals surface area contributed by atoms with Gasteiger partial charge in [-0.25, -0.2) is 4.98 Å². The average Bonchev–Trinajstić information content (AvgIpc) is 2.57. The summed E-state index contributed by atoms with van der Waals surface area (Å²) < 4.78 is 10.6. The molecular weight excluding hydrogens is 407 g/mol. The minimum atomic E-state index is 0. The van der Waals surface area contributed by atoms with Gasteiger partial charge in [0.25, 0.3) is 0 Å². The molecule has 1 aromatic rings. The number of pyridine rings is 1. The van der Waals surface area contributed by atoms with Crippen molar-refractivity contribution < 1.29 is 9.47 Å². The highest BCUT2D eigenvalue weighted by Crippen LogP contribution is 2.07. The molecule has 0 aromatic carbocycles. The second kappa shape index (κ2) is 14.5. The summed E-state index contributed by atoms with van der Waals surface area (Å²) in [5.74, 6) is 1.40. The van der Waals surface area contributed by atoms with E-state index in [1.165, 1.54) is 6.42 Å². The van der Waals surface area contributed by atoms with Gasteiger partial charge in [-0.3, -0.25) is 4.99 Å². The molecule has 0 unspecified atom stereocenters. The van der Waals surface area contributed by atoms with E-state index in [4.69, 9.17) is 9.47 Å². The highest BCUT2D eigenvalue weighted by atomic mass is 127. The Bertz CT molecular complexity index is 444. The lowest BCUT2D eigenvalue weighted by atomic mass is 10.2. The van der Waals surface area contributed by atoms with Gasteiger partial charge in [0.1, 0.15) is 0 Å². The number of rotatable bonds is 10. The number of aromatic nitrogens is 1. The number of nitrogens with one attached hydrogen (secondary N) is 2. The Morgan fingerprint density at radius 1 is 1.26 bits per heavy atom. The van der Waals surface area contributed by atoms with E-state index in [-0.39, 0.29) is 24.0 Å². The first kappa shape index (κ1) is 21.9. The van der Waals surface area contributed by atoms with Gasteiger partial charge in [0.15, 0.2) is 5.96 Å². The summed E-state index contributed by atoms with van der Waals surface area (Å²) >= 11 is 0. The summed E-state index contributed by atoms with van der Waals surface area (Å²) in [6.07, 6.45) is 5.01. The molecule has 0 saturated carbocycles. The molecule has 0 aliphatic carbocycles. The van der Waals surface area contributed by atoms with E-state index in [2.05, 4.69) is 27.5 Å². The first-order chi connectivity index (χ1) is 10.8. The van der Waals surface area contributed by atoms with Crippen LogP contribution in [0.4, 0.5) is 0 Å². The first-order valence-corrected chi connectivity index (χ1v) is 7.81. The summed E-state index contributed by atoms with van der Waals surface area (Å²) in [6, 6.07) is 3.85. The van der Waals surface area contributed by atoms with Crippen LogP contribution in [-0.4, -0.2) is 44.9 Å². The third-order valence-corrected chi connectivity index (χ3v) is 3.09. The van der Waals surface area contributed by atoms with Gasteiger partial charge in [-0.1, -0.05) is 13.3 Å². The third kappa shape index (κ3) is 10.3. The van der Waals surface area contributed by atoms with Crippen molar-refractivity contribution in [1.29, 1.82) is 0 Å². The fourth-order valence-electron chi connectivity index (χ4n) is 1.81. The number of aliphatic imine (C=N–C) groups is 1. The highest BCUT2D eigenvalue weighted by molar-refractivity contribution is 14.0. The van der Waals surface area contributed by atoms with Gasteiger partial charge in [-0.15, -0.1) is 24.0 Å². The van der Waals surface area contributed by atoms with Crippen LogP contribution >= 0.6 is 24.0 Å². The molecule has 0 atom stereocenters. The van der Waals surface area contributed by atoms with Gasteiger partial charge < -0.3 is 20.1 Å². The molecule has 7 heteroatoms. The maximum absolute atomic E-state index is 5.52. The molecule has 1 aromatic heterocycles. The van der Waals surface area contributed by atoms with Crippen LogP contribution in [0.15, 0.2) is 23.3 Å². The number of halogens is 1. The quantitative estimate of drug-likeness (QED) is 0.256. The Labute approximate surface area is 156 Å². The topological polar surface area (TPSA) is 67.8 Å². The summed E-state index contributed by atoms with van der Waals surface area (Å²) in [4.78, 5) is 8.29. The van der Waals surface area contributed by atoms with Crippen molar-refractivity contribution in [2.24, 2.45) is 4.99 Å². The zero-order chi connectivity index (χ0) is 16.0. The van der Waals surface area contributed by atoms with Crippen molar-refractivity contribution in [3.8, 4) is 5.88 Å². The minimum Gasteiger partial charge on any atom is -0.481 e. The van der Waals surface area contributed by atoms with Crippen LogP contribution in [0.2, 0.25) is 0 Å². The Kier molecular flexibility index (Phi) is 13.8. The molecule has 0 spiro atoms. The number of ether oxygens (including phenoxy) is 2. The second-order valence-corrected chi connectivity index (χ2v) is 4.88. The molecule has 23 heavy (non-hydrogen) atoms. The fraction of sp³-hybridized carbons (Fsp3) is 0.625. The standard InChI is InChI=1S/C16H28N4O2.HI/c1-4-5-10-22-11-6-8-19-16(17-2)20-13-14-7-9-18-15(12-14)21-3;/h7,9,12H,4-6,8,10-11,13H2,1-3H3,(H2,17,19,20);1H. The zero-order valence-corrected chi connectivity index (χ0v) is 16.6. The average molecular weight is 436 g/mol. The number of unbranched alkanes of at least 4 members (excludes halogenated alkanes) is 1. The van der Waals surface area contributed by atoms with Crippen molar-refractivity contribution in [3.63, 3.8) is 0 Å².